The van der Waals surface area contributed by atoms with Gasteiger partial charge >= 0.3 is 0 Å². The van der Waals surface area contributed by atoms with E-state index in [1.54, 1.807) is 12.2 Å². The van der Waals surface area contributed by atoms with Gasteiger partial charge in [-0.3, -0.25) is 4.79 Å². The molecule has 9 heavy (non-hydrogen) atoms. The molecule has 1 N–H and O–H groups in total. The number of hydrogen-bond acceptors (Lipinski definition) is 1. The number of carbonyl (C=O) groups excluding carboxylic acids is 1. The number of amides is 1. The molecule has 0 heterocycles. The van der Waals surface area contributed by atoms with Crippen molar-refractivity contribution >= 4 is 18.0 Å². The summed E-state index contributed by atoms with van der Waals surface area (Å²) in [5.41, 5.74) is 0. The summed E-state index contributed by atoms with van der Waals surface area (Å²) < 4.78 is 0. The molecule has 0 fully saturated rings. The van der Waals surface area contributed by atoms with Crippen molar-refractivity contribution in [1.82, 2.24) is 5.32 Å². The van der Waals surface area contributed by atoms with Gasteiger partial charge in [-0.2, -0.15) is 0 Å². The van der Waals surface area contributed by atoms with Crippen LogP contribution >= 0.6 is 11.6 Å². The molecule has 0 spiro atoms. The zero-order valence-corrected chi connectivity index (χ0v) is 5.85. The molecule has 0 radical (unpaired) electrons. The maximum atomic E-state index is 9.68. The van der Waals surface area contributed by atoms with Gasteiger partial charge in [0.25, 0.3) is 0 Å². The third-order valence-corrected chi connectivity index (χ3v) is 0.850. The van der Waals surface area contributed by atoms with Crippen molar-refractivity contribution in [2.45, 2.75) is 6.92 Å². The molecular formula is C6H8ClNO. The van der Waals surface area contributed by atoms with Crippen LogP contribution in [0.1, 0.15) is 6.92 Å². The van der Waals surface area contributed by atoms with Crippen LogP contribution < -0.4 is 5.32 Å². The Hall–Kier alpha value is -0.760. The second kappa shape index (κ2) is 5.38. The first-order valence-electron chi connectivity index (χ1n) is 2.49. The van der Waals surface area contributed by atoms with E-state index in [-0.39, 0.29) is 0 Å². The molecule has 0 atom stereocenters. The fraction of sp³-hybridized carbons (Fsp3) is 0.167. The Morgan fingerprint density at radius 2 is 2.33 bits per heavy atom. The Kier molecular flexibility index (Phi) is 4.92. The van der Waals surface area contributed by atoms with E-state index in [0.717, 1.165) is 0 Å². The largest absolute Gasteiger partial charge is 0.334 e. The molecule has 0 unspecified atom stereocenters. The van der Waals surface area contributed by atoms with E-state index in [0.29, 0.717) is 11.4 Å². The molecule has 0 aliphatic rings. The third-order valence-electron chi connectivity index (χ3n) is 0.615. The Morgan fingerprint density at radius 1 is 1.67 bits per heavy atom. The van der Waals surface area contributed by atoms with E-state index in [4.69, 9.17) is 11.6 Å². The van der Waals surface area contributed by atoms with Crippen LogP contribution in [0.3, 0.4) is 0 Å². The molecule has 50 valence electrons. The summed E-state index contributed by atoms with van der Waals surface area (Å²) in [6.45, 7) is 1.84. The van der Waals surface area contributed by atoms with Gasteiger partial charge in [0.15, 0.2) is 0 Å². The molecule has 0 aromatic carbocycles. The first-order valence-corrected chi connectivity index (χ1v) is 2.87. The molecule has 0 rings (SSSR count). The van der Waals surface area contributed by atoms with Crippen LogP contribution in [0.2, 0.25) is 0 Å². The average molecular weight is 146 g/mol. The minimum absolute atomic E-state index is 0.504. The monoisotopic (exact) mass is 145 g/mol. The molecule has 0 aromatic rings. The zero-order valence-electron chi connectivity index (χ0n) is 5.10. The highest BCUT2D eigenvalue weighted by Gasteiger charge is 1.78. The standard InChI is InChI=1S/C6H8ClNO/c1-2-3-6(7)4-8-5-9/h2-5H,1H3,(H,8,9)/b3-2-,6-4+. The molecule has 0 bridgehead atoms. The van der Waals surface area contributed by atoms with E-state index in [9.17, 15) is 4.79 Å². The zero-order chi connectivity index (χ0) is 7.11. The Labute approximate surface area is 59.2 Å². The van der Waals surface area contributed by atoms with E-state index < -0.39 is 0 Å². The first kappa shape index (κ1) is 8.24. The lowest BCUT2D eigenvalue weighted by atomic mass is 10.5. The Balaban J connectivity index is 3.68. The van der Waals surface area contributed by atoms with Gasteiger partial charge in [0.05, 0.1) is 5.03 Å². The van der Waals surface area contributed by atoms with Gasteiger partial charge < -0.3 is 5.32 Å². The number of hydrogen-bond donors (Lipinski definition) is 1. The summed E-state index contributed by atoms with van der Waals surface area (Å²) in [6, 6.07) is 0. The summed E-state index contributed by atoms with van der Waals surface area (Å²) in [5.74, 6) is 0. The van der Waals surface area contributed by atoms with Crippen LogP contribution in [0, 0.1) is 0 Å². The van der Waals surface area contributed by atoms with Gasteiger partial charge in [-0.25, -0.2) is 0 Å². The van der Waals surface area contributed by atoms with Crippen molar-refractivity contribution in [3.05, 3.63) is 23.4 Å². The van der Waals surface area contributed by atoms with Crippen LogP contribution in [0.15, 0.2) is 23.4 Å². The Morgan fingerprint density at radius 3 is 2.78 bits per heavy atom. The SMILES string of the molecule is C/C=C\C(Cl)=C/NC=O. The van der Waals surface area contributed by atoms with Gasteiger partial charge in [-0.15, -0.1) is 0 Å². The van der Waals surface area contributed by atoms with E-state index in [1.165, 1.54) is 6.20 Å². The predicted molar refractivity (Wildman–Crippen MR) is 37.9 cm³/mol. The maximum absolute atomic E-state index is 9.68. The summed E-state index contributed by atoms with van der Waals surface area (Å²) in [6.07, 6.45) is 5.43. The van der Waals surface area contributed by atoms with E-state index in [1.807, 2.05) is 6.92 Å². The van der Waals surface area contributed by atoms with Crippen LogP contribution in [-0.2, 0) is 4.79 Å². The highest BCUT2D eigenvalue weighted by molar-refractivity contribution is 6.31. The summed E-state index contributed by atoms with van der Waals surface area (Å²) in [5, 5.41) is 2.81. The second-order valence-electron chi connectivity index (χ2n) is 1.31. The first-order chi connectivity index (χ1) is 4.31. The third kappa shape index (κ3) is 5.11. The van der Waals surface area contributed by atoms with Crippen LogP contribution in [-0.4, -0.2) is 6.41 Å². The fourth-order valence-electron chi connectivity index (χ4n) is 0.321. The predicted octanol–water partition coefficient (Wildman–Crippen LogP) is 1.39. The van der Waals surface area contributed by atoms with E-state index >= 15 is 0 Å². The van der Waals surface area contributed by atoms with Crippen molar-refractivity contribution in [2.75, 3.05) is 0 Å². The lowest BCUT2D eigenvalue weighted by Gasteiger charge is -1.85. The average Bonchev–Trinajstić information content (AvgIpc) is 1.85. The molecule has 3 heteroatoms. The Bertz CT molecular complexity index is 140. The summed E-state index contributed by atoms with van der Waals surface area (Å²) >= 11 is 5.51. The minimum Gasteiger partial charge on any atom is -0.334 e. The van der Waals surface area contributed by atoms with Gasteiger partial charge in [-0.1, -0.05) is 17.7 Å². The van der Waals surface area contributed by atoms with Gasteiger partial charge in [0.2, 0.25) is 6.41 Å². The number of halogens is 1. The molecule has 0 aromatic heterocycles. The smallest absolute Gasteiger partial charge is 0.211 e. The number of nitrogens with one attached hydrogen (secondary N) is 1. The summed E-state index contributed by atoms with van der Waals surface area (Å²) in [4.78, 5) is 9.68. The maximum Gasteiger partial charge on any atom is 0.211 e. The van der Waals surface area contributed by atoms with Crippen molar-refractivity contribution < 1.29 is 4.79 Å². The highest BCUT2D eigenvalue weighted by Crippen LogP contribution is 1.99. The molecule has 2 nitrogen and oxygen atoms in total. The molecule has 1 amide bonds. The molecule has 0 aliphatic carbocycles. The van der Waals surface area contributed by atoms with Crippen molar-refractivity contribution in [1.29, 1.82) is 0 Å². The molecular weight excluding hydrogens is 138 g/mol. The van der Waals surface area contributed by atoms with Gasteiger partial charge in [-0.05, 0) is 13.0 Å². The number of allylic oxidation sites excluding steroid dienone is 3. The number of rotatable bonds is 3. The van der Waals surface area contributed by atoms with Crippen LogP contribution in [0.5, 0.6) is 0 Å². The van der Waals surface area contributed by atoms with Crippen molar-refractivity contribution in [3.8, 4) is 0 Å². The topological polar surface area (TPSA) is 29.1 Å². The van der Waals surface area contributed by atoms with E-state index in [2.05, 4.69) is 5.32 Å². The summed E-state index contributed by atoms with van der Waals surface area (Å²) in [7, 11) is 0. The molecule has 0 aliphatic heterocycles. The van der Waals surface area contributed by atoms with Crippen LogP contribution in [0.4, 0.5) is 0 Å². The number of carbonyl (C=O) groups is 1. The van der Waals surface area contributed by atoms with Gasteiger partial charge in [0, 0.05) is 6.20 Å². The second-order valence-corrected chi connectivity index (χ2v) is 1.75. The quantitative estimate of drug-likeness (QED) is 0.472. The highest BCUT2D eigenvalue weighted by atomic mass is 35.5. The van der Waals surface area contributed by atoms with Crippen molar-refractivity contribution in [3.63, 3.8) is 0 Å². The lowest BCUT2D eigenvalue weighted by molar-refractivity contribution is -0.108. The lowest BCUT2D eigenvalue weighted by Crippen LogP contribution is -1.98. The van der Waals surface area contributed by atoms with Crippen molar-refractivity contribution in [2.24, 2.45) is 0 Å². The molecule has 0 saturated heterocycles. The molecule has 0 saturated carbocycles. The van der Waals surface area contributed by atoms with Gasteiger partial charge in [0.1, 0.15) is 0 Å². The fourth-order valence-corrected chi connectivity index (χ4v) is 0.510. The van der Waals surface area contributed by atoms with Crippen LogP contribution in [0.25, 0.3) is 0 Å². The normalized spacial score (nSPS) is 12.0. The minimum atomic E-state index is 0.504.